The molecule has 3 aromatic carbocycles. The molecule has 0 aliphatic heterocycles. The average molecular weight is 488 g/mol. The molecule has 32 heavy (non-hydrogen) atoms. The molecule has 1 aromatic heterocycles. The summed E-state index contributed by atoms with van der Waals surface area (Å²) in [5.74, 6) is 1.28. The average Bonchev–Trinajstić information content (AvgIpc) is 3.22. The van der Waals surface area contributed by atoms with Gasteiger partial charge in [0.25, 0.3) is 0 Å². The number of rotatable bonds is 8. The van der Waals surface area contributed by atoms with Gasteiger partial charge in [-0.15, -0.1) is 0 Å². The fourth-order valence-corrected chi connectivity index (χ4v) is 4.01. The zero-order chi connectivity index (χ0) is 22.3. The second-order valence-electron chi connectivity index (χ2n) is 7.18. The van der Waals surface area contributed by atoms with E-state index in [1.807, 2.05) is 84.3 Å². The second kappa shape index (κ2) is 10.2. The molecule has 0 radical (unpaired) electrons. The number of halogens is 1. The van der Waals surface area contributed by atoms with E-state index in [2.05, 4.69) is 27.0 Å². The third-order valence-corrected chi connectivity index (χ3v) is 5.50. The summed E-state index contributed by atoms with van der Waals surface area (Å²) < 4.78 is 14.6. The van der Waals surface area contributed by atoms with Crippen molar-refractivity contribution in [1.82, 2.24) is 9.55 Å². The minimum absolute atomic E-state index is 0.435. The van der Waals surface area contributed by atoms with E-state index in [0.29, 0.717) is 36.8 Å². The normalized spacial score (nSPS) is 11.3. The number of hydrogen-bond donors (Lipinski definition) is 0. The molecule has 1 heterocycles. The van der Waals surface area contributed by atoms with Crippen LogP contribution in [0.1, 0.15) is 18.1 Å². The van der Waals surface area contributed by atoms with Crippen LogP contribution in [0.25, 0.3) is 17.1 Å². The first kappa shape index (κ1) is 21.7. The summed E-state index contributed by atoms with van der Waals surface area (Å²) in [4.78, 5) is 4.40. The lowest BCUT2D eigenvalue weighted by molar-refractivity contribution is 0.267. The Morgan fingerprint density at radius 3 is 2.66 bits per heavy atom. The van der Waals surface area contributed by atoms with Crippen molar-refractivity contribution in [3.8, 4) is 17.6 Å². The highest BCUT2D eigenvalue weighted by molar-refractivity contribution is 9.10. The van der Waals surface area contributed by atoms with Gasteiger partial charge in [0.1, 0.15) is 6.61 Å². The van der Waals surface area contributed by atoms with E-state index in [4.69, 9.17) is 9.47 Å². The second-order valence-corrected chi connectivity index (χ2v) is 8.03. The Morgan fingerprint density at radius 2 is 1.88 bits per heavy atom. The zero-order valence-corrected chi connectivity index (χ0v) is 19.2. The molecule has 5 nitrogen and oxygen atoms in total. The van der Waals surface area contributed by atoms with Crippen molar-refractivity contribution in [2.24, 2.45) is 0 Å². The molecule has 0 N–H and O–H groups in total. The van der Waals surface area contributed by atoms with Crippen molar-refractivity contribution in [1.29, 1.82) is 5.26 Å². The van der Waals surface area contributed by atoms with Crippen molar-refractivity contribution < 1.29 is 9.47 Å². The third-order valence-electron chi connectivity index (χ3n) is 4.91. The largest absolute Gasteiger partial charge is 0.490 e. The molecule has 0 unspecified atom stereocenters. The van der Waals surface area contributed by atoms with E-state index in [0.717, 1.165) is 26.6 Å². The molecule has 4 aromatic rings. The molecule has 0 aliphatic carbocycles. The van der Waals surface area contributed by atoms with Gasteiger partial charge in [-0.25, -0.2) is 4.98 Å². The lowest BCUT2D eigenvalue weighted by Gasteiger charge is -2.15. The fourth-order valence-electron chi connectivity index (χ4n) is 3.44. The van der Waals surface area contributed by atoms with E-state index in [1.54, 1.807) is 6.33 Å². The molecule has 0 fully saturated rings. The first-order valence-electron chi connectivity index (χ1n) is 10.3. The molecular weight excluding hydrogens is 466 g/mol. The predicted molar refractivity (Wildman–Crippen MR) is 129 cm³/mol. The molecule has 0 bridgehead atoms. The Bertz CT molecular complexity index is 1290. The third kappa shape index (κ3) is 5.01. The van der Waals surface area contributed by atoms with Crippen molar-refractivity contribution in [2.75, 3.05) is 6.61 Å². The van der Waals surface area contributed by atoms with Crippen LogP contribution in [0, 0.1) is 11.3 Å². The number of fused-ring (bicyclic) bond motifs is 1. The van der Waals surface area contributed by atoms with Crippen LogP contribution in [0.3, 0.4) is 0 Å². The molecule has 160 valence electrons. The number of ether oxygens (including phenoxy) is 2. The maximum absolute atomic E-state index is 9.75. The maximum Gasteiger partial charge on any atom is 0.175 e. The number of nitriles is 1. The molecule has 0 saturated heterocycles. The Morgan fingerprint density at radius 1 is 1.09 bits per heavy atom. The molecule has 0 atom stereocenters. The number of benzene rings is 3. The molecule has 0 spiro atoms. The van der Waals surface area contributed by atoms with Crippen LogP contribution < -0.4 is 9.47 Å². The summed E-state index contributed by atoms with van der Waals surface area (Å²) in [6.45, 7) is 3.31. The summed E-state index contributed by atoms with van der Waals surface area (Å²) in [6.07, 6.45) is 3.63. The van der Waals surface area contributed by atoms with Crippen molar-refractivity contribution in [2.45, 2.75) is 20.1 Å². The van der Waals surface area contributed by atoms with Gasteiger partial charge in [0.2, 0.25) is 0 Å². The van der Waals surface area contributed by atoms with Crippen LogP contribution in [-0.4, -0.2) is 16.2 Å². The lowest BCUT2D eigenvalue weighted by Crippen LogP contribution is -2.01. The van der Waals surface area contributed by atoms with Gasteiger partial charge in [-0.05, 0) is 64.3 Å². The van der Waals surface area contributed by atoms with E-state index in [-0.39, 0.29) is 0 Å². The van der Waals surface area contributed by atoms with Gasteiger partial charge >= 0.3 is 0 Å². The van der Waals surface area contributed by atoms with Crippen LogP contribution in [0.15, 0.2) is 83.1 Å². The number of para-hydroxylation sites is 2. The van der Waals surface area contributed by atoms with Crippen LogP contribution in [0.4, 0.5) is 0 Å². The van der Waals surface area contributed by atoms with Gasteiger partial charge in [0.05, 0.1) is 41.1 Å². The molecule has 0 amide bonds. The van der Waals surface area contributed by atoms with Gasteiger partial charge in [-0.3, -0.25) is 0 Å². The van der Waals surface area contributed by atoms with Crippen LogP contribution in [-0.2, 0) is 13.2 Å². The van der Waals surface area contributed by atoms with Gasteiger partial charge < -0.3 is 14.0 Å². The molecular formula is C26H22BrN3O2. The topological polar surface area (TPSA) is 60.1 Å². The first-order valence-corrected chi connectivity index (χ1v) is 11.1. The summed E-state index contributed by atoms with van der Waals surface area (Å²) in [5, 5.41) is 9.75. The Hall–Kier alpha value is -3.56. The van der Waals surface area contributed by atoms with Crippen LogP contribution >= 0.6 is 15.9 Å². The van der Waals surface area contributed by atoms with Crippen molar-refractivity contribution in [3.05, 3.63) is 94.2 Å². The first-order chi connectivity index (χ1) is 15.7. The monoisotopic (exact) mass is 487 g/mol. The molecule has 0 saturated carbocycles. The number of imidazole rings is 1. The van der Waals surface area contributed by atoms with Crippen molar-refractivity contribution >= 4 is 33.0 Å². The summed E-state index contributed by atoms with van der Waals surface area (Å²) in [6, 6.07) is 24.0. The summed E-state index contributed by atoms with van der Waals surface area (Å²) in [7, 11) is 0. The predicted octanol–water partition coefficient (Wildman–Crippen LogP) is 6.38. The maximum atomic E-state index is 9.75. The minimum atomic E-state index is 0.435. The Balaban J connectivity index is 1.60. The number of hydrogen-bond acceptors (Lipinski definition) is 4. The standard InChI is InChI=1S/C26H22BrN3O2/c1-2-31-25-14-20(13-22(27)26(25)32-17-19-8-4-3-5-9-19)12-21(15-28)16-30-18-29-23-10-6-7-11-24(23)30/h3-14,18H,2,16-17H2,1H3/b21-12-. The highest BCUT2D eigenvalue weighted by Crippen LogP contribution is 2.38. The van der Waals surface area contributed by atoms with Crippen LogP contribution in [0.5, 0.6) is 11.5 Å². The van der Waals surface area contributed by atoms with E-state index in [9.17, 15) is 5.26 Å². The van der Waals surface area contributed by atoms with Gasteiger partial charge in [-0.1, -0.05) is 42.5 Å². The quantitative estimate of drug-likeness (QED) is 0.270. The van der Waals surface area contributed by atoms with Gasteiger partial charge in [0, 0.05) is 5.57 Å². The molecule has 4 rings (SSSR count). The van der Waals surface area contributed by atoms with Crippen molar-refractivity contribution in [3.63, 3.8) is 0 Å². The van der Waals surface area contributed by atoms with E-state index >= 15 is 0 Å². The highest BCUT2D eigenvalue weighted by atomic mass is 79.9. The Kier molecular flexibility index (Phi) is 6.88. The number of allylic oxidation sites excluding steroid dienone is 1. The molecule has 6 heteroatoms. The smallest absolute Gasteiger partial charge is 0.175 e. The van der Waals surface area contributed by atoms with Gasteiger partial charge in [-0.2, -0.15) is 5.26 Å². The summed E-state index contributed by atoms with van der Waals surface area (Å²) >= 11 is 3.61. The SMILES string of the molecule is CCOc1cc(/C=C(/C#N)Cn2cnc3ccccc32)cc(Br)c1OCc1ccccc1. The van der Waals surface area contributed by atoms with E-state index in [1.165, 1.54) is 0 Å². The number of aromatic nitrogens is 2. The van der Waals surface area contributed by atoms with Gasteiger partial charge in [0.15, 0.2) is 11.5 Å². The summed E-state index contributed by atoms with van der Waals surface area (Å²) in [5.41, 5.74) is 4.44. The lowest BCUT2D eigenvalue weighted by atomic mass is 10.1. The Labute approximate surface area is 195 Å². The van der Waals surface area contributed by atoms with E-state index < -0.39 is 0 Å². The minimum Gasteiger partial charge on any atom is -0.490 e. The molecule has 0 aliphatic rings. The fraction of sp³-hybridized carbons (Fsp3) is 0.154. The van der Waals surface area contributed by atoms with Crippen LogP contribution in [0.2, 0.25) is 0 Å². The highest BCUT2D eigenvalue weighted by Gasteiger charge is 2.13. The zero-order valence-electron chi connectivity index (χ0n) is 17.7. The number of nitrogens with zero attached hydrogens (tertiary/aromatic N) is 3.